The van der Waals surface area contributed by atoms with Crippen molar-refractivity contribution in [2.45, 2.75) is 6.54 Å². The lowest BCUT2D eigenvalue weighted by Gasteiger charge is -2.19. The Morgan fingerprint density at radius 2 is 1.83 bits per heavy atom. The van der Waals surface area contributed by atoms with Crippen LogP contribution >= 0.6 is 0 Å². The van der Waals surface area contributed by atoms with E-state index in [1.54, 1.807) is 0 Å². The summed E-state index contributed by atoms with van der Waals surface area (Å²) in [4.78, 5) is 6.86. The number of hydrogen-bond donors (Lipinski definition) is 0. The van der Waals surface area contributed by atoms with Gasteiger partial charge in [-0.3, -0.25) is 0 Å². The van der Waals surface area contributed by atoms with Crippen molar-refractivity contribution in [3.05, 3.63) is 83.9 Å². The topological polar surface area (TPSA) is 21.1 Å². The molecule has 1 aliphatic rings. The van der Waals surface area contributed by atoms with Crippen LogP contribution in [-0.4, -0.2) is 16.1 Å². The Morgan fingerprint density at radius 3 is 2.61 bits per heavy atom. The van der Waals surface area contributed by atoms with Crippen LogP contribution in [0.15, 0.2) is 67.0 Å². The van der Waals surface area contributed by atoms with Crippen LogP contribution in [0.4, 0.5) is 5.69 Å². The molecule has 0 unspecified atom stereocenters. The van der Waals surface area contributed by atoms with Crippen molar-refractivity contribution < 1.29 is 0 Å². The highest BCUT2D eigenvalue weighted by Crippen LogP contribution is 2.37. The summed E-state index contributed by atoms with van der Waals surface area (Å²) in [6.45, 7) is 1.84. The van der Waals surface area contributed by atoms with Crippen LogP contribution in [-0.2, 0) is 13.6 Å². The molecule has 0 bridgehead atoms. The first-order chi connectivity index (χ1) is 11.3. The predicted octanol–water partition coefficient (Wildman–Crippen LogP) is 3.98. The highest BCUT2D eigenvalue weighted by molar-refractivity contribution is 5.92. The molecule has 23 heavy (non-hydrogen) atoms. The van der Waals surface area contributed by atoms with Gasteiger partial charge < -0.3 is 9.47 Å². The molecule has 2 aromatic carbocycles. The lowest BCUT2D eigenvalue weighted by molar-refractivity contribution is 0.890. The third-order valence-corrected chi connectivity index (χ3v) is 4.33. The van der Waals surface area contributed by atoms with E-state index < -0.39 is 0 Å². The summed E-state index contributed by atoms with van der Waals surface area (Å²) in [6.07, 6.45) is 6.02. The van der Waals surface area contributed by atoms with Crippen molar-refractivity contribution in [3.8, 4) is 0 Å². The highest BCUT2D eigenvalue weighted by atomic mass is 15.1. The first kappa shape index (κ1) is 13.8. The largest absolute Gasteiger partial charge is 0.362 e. The number of aryl methyl sites for hydroxylation is 1. The maximum Gasteiger partial charge on any atom is 0.132 e. The normalized spacial score (nSPS) is 15.2. The number of hydrogen-bond acceptors (Lipinski definition) is 2. The summed E-state index contributed by atoms with van der Waals surface area (Å²) in [5, 5.41) is 0. The molecule has 0 fully saturated rings. The van der Waals surface area contributed by atoms with Crippen LogP contribution in [0.5, 0.6) is 0 Å². The van der Waals surface area contributed by atoms with E-state index >= 15 is 0 Å². The smallest absolute Gasteiger partial charge is 0.132 e. The van der Waals surface area contributed by atoms with Gasteiger partial charge in [0.25, 0.3) is 0 Å². The third kappa shape index (κ3) is 2.66. The average Bonchev–Trinajstić information content (AvgIpc) is 3.14. The second kappa shape index (κ2) is 5.76. The van der Waals surface area contributed by atoms with Gasteiger partial charge >= 0.3 is 0 Å². The minimum Gasteiger partial charge on any atom is -0.362 e. The van der Waals surface area contributed by atoms with Gasteiger partial charge in [0.1, 0.15) is 5.82 Å². The van der Waals surface area contributed by atoms with Gasteiger partial charge in [0.15, 0.2) is 0 Å². The van der Waals surface area contributed by atoms with Gasteiger partial charge in [-0.15, -0.1) is 0 Å². The molecule has 4 rings (SSSR count). The highest BCUT2D eigenvalue weighted by Gasteiger charge is 2.23. The number of para-hydroxylation sites is 1. The van der Waals surface area contributed by atoms with Gasteiger partial charge in [0, 0.05) is 43.8 Å². The first-order valence-corrected chi connectivity index (χ1v) is 7.87. The molecule has 1 aromatic heterocycles. The molecule has 3 heteroatoms. The maximum atomic E-state index is 4.43. The van der Waals surface area contributed by atoms with Crippen LogP contribution in [0.25, 0.3) is 11.6 Å². The van der Waals surface area contributed by atoms with Gasteiger partial charge in [-0.05, 0) is 23.3 Å². The van der Waals surface area contributed by atoms with Crippen LogP contribution in [0.2, 0.25) is 0 Å². The van der Waals surface area contributed by atoms with E-state index in [2.05, 4.69) is 75.1 Å². The van der Waals surface area contributed by atoms with E-state index in [4.69, 9.17) is 0 Å². The number of benzene rings is 2. The third-order valence-electron chi connectivity index (χ3n) is 4.33. The molecule has 2 heterocycles. The second-order valence-electron chi connectivity index (χ2n) is 5.92. The van der Waals surface area contributed by atoms with Crippen molar-refractivity contribution in [2.24, 2.45) is 7.05 Å². The maximum absolute atomic E-state index is 4.43. The van der Waals surface area contributed by atoms with Gasteiger partial charge in [0.05, 0.1) is 0 Å². The summed E-state index contributed by atoms with van der Waals surface area (Å²) in [7, 11) is 2.03. The van der Waals surface area contributed by atoms with Crippen molar-refractivity contribution >= 4 is 17.3 Å². The van der Waals surface area contributed by atoms with Gasteiger partial charge in [0.2, 0.25) is 0 Å². The molecule has 0 saturated heterocycles. The Hall–Kier alpha value is -2.81. The molecular weight excluding hydrogens is 282 g/mol. The number of anilines is 1. The number of rotatable bonds is 3. The standard InChI is InChI=1S/C20H19N3/c1-22-12-11-21-20(22)13-17-15-23(14-16-7-3-2-4-8-16)19-10-6-5-9-18(17)19/h2-13H,14-15H2,1H3. The molecule has 0 atom stereocenters. The molecule has 0 aliphatic carbocycles. The Morgan fingerprint density at radius 1 is 1.04 bits per heavy atom. The molecule has 0 spiro atoms. The molecule has 0 amide bonds. The Balaban J connectivity index is 1.69. The zero-order chi connectivity index (χ0) is 15.6. The quantitative estimate of drug-likeness (QED) is 0.729. The fraction of sp³-hybridized carbons (Fsp3) is 0.150. The van der Waals surface area contributed by atoms with Crippen LogP contribution in [0.1, 0.15) is 17.0 Å². The summed E-state index contributed by atoms with van der Waals surface area (Å²) < 4.78 is 2.05. The van der Waals surface area contributed by atoms with E-state index in [1.807, 2.05) is 19.4 Å². The minimum absolute atomic E-state index is 0.918. The summed E-state index contributed by atoms with van der Waals surface area (Å²) in [5.41, 5.74) is 5.27. The van der Waals surface area contributed by atoms with Crippen LogP contribution < -0.4 is 4.90 Å². The summed E-state index contributed by atoms with van der Waals surface area (Å²) in [6, 6.07) is 19.3. The van der Waals surface area contributed by atoms with E-state index in [0.717, 1.165) is 18.9 Å². The van der Waals surface area contributed by atoms with Crippen molar-refractivity contribution in [2.75, 3.05) is 11.4 Å². The predicted molar refractivity (Wildman–Crippen MR) is 95.0 cm³/mol. The van der Waals surface area contributed by atoms with Gasteiger partial charge in [-0.25, -0.2) is 4.98 Å². The minimum atomic E-state index is 0.918. The summed E-state index contributed by atoms with van der Waals surface area (Å²) in [5.74, 6) is 0.997. The van der Waals surface area contributed by atoms with Crippen molar-refractivity contribution in [1.29, 1.82) is 0 Å². The van der Waals surface area contributed by atoms with Gasteiger partial charge in [-0.2, -0.15) is 0 Å². The molecule has 0 radical (unpaired) electrons. The SMILES string of the molecule is Cn1ccnc1C=C1CN(Cc2ccccc2)c2ccccc21. The molecule has 0 saturated carbocycles. The zero-order valence-corrected chi connectivity index (χ0v) is 13.2. The molecule has 0 N–H and O–H groups in total. The Kier molecular flexibility index (Phi) is 3.46. The fourth-order valence-corrected chi connectivity index (χ4v) is 3.14. The Bertz CT molecular complexity index is 846. The number of nitrogens with zero attached hydrogens (tertiary/aromatic N) is 3. The molecule has 3 aromatic rings. The molecular formula is C20H19N3. The average molecular weight is 301 g/mol. The van der Waals surface area contributed by atoms with Crippen LogP contribution in [0, 0.1) is 0 Å². The van der Waals surface area contributed by atoms with E-state index in [0.29, 0.717) is 0 Å². The van der Waals surface area contributed by atoms with E-state index in [1.165, 1.54) is 22.4 Å². The van der Waals surface area contributed by atoms with Gasteiger partial charge in [-0.1, -0.05) is 48.5 Å². The number of imidazole rings is 1. The summed E-state index contributed by atoms with van der Waals surface area (Å²) >= 11 is 0. The van der Waals surface area contributed by atoms with E-state index in [-0.39, 0.29) is 0 Å². The van der Waals surface area contributed by atoms with Crippen molar-refractivity contribution in [1.82, 2.24) is 9.55 Å². The monoisotopic (exact) mass is 301 g/mol. The molecule has 3 nitrogen and oxygen atoms in total. The first-order valence-electron chi connectivity index (χ1n) is 7.87. The van der Waals surface area contributed by atoms with Crippen molar-refractivity contribution in [3.63, 3.8) is 0 Å². The number of fused-ring (bicyclic) bond motifs is 1. The van der Waals surface area contributed by atoms with E-state index in [9.17, 15) is 0 Å². The Labute approximate surface area is 136 Å². The molecule has 1 aliphatic heterocycles. The second-order valence-corrected chi connectivity index (χ2v) is 5.92. The lowest BCUT2D eigenvalue weighted by Crippen LogP contribution is -2.19. The lowest BCUT2D eigenvalue weighted by atomic mass is 10.1. The number of aromatic nitrogens is 2. The zero-order valence-electron chi connectivity index (χ0n) is 13.2. The van der Waals surface area contributed by atoms with Crippen LogP contribution in [0.3, 0.4) is 0 Å². The molecule has 114 valence electrons. The fourth-order valence-electron chi connectivity index (χ4n) is 3.14.